The van der Waals surface area contributed by atoms with Crippen LogP contribution in [-0.2, 0) is 6.42 Å². The van der Waals surface area contributed by atoms with Gasteiger partial charge in [0.05, 0.1) is 22.8 Å². The van der Waals surface area contributed by atoms with Crippen LogP contribution in [-0.4, -0.2) is 19.9 Å². The van der Waals surface area contributed by atoms with Crippen LogP contribution in [0.1, 0.15) is 11.1 Å². The molecular formula is C57H38N4. The molecule has 11 rings (SSSR count). The average Bonchev–Trinajstić information content (AvgIpc) is 3.73. The molecule has 2 aromatic heterocycles. The Morgan fingerprint density at radius 3 is 1.11 bits per heavy atom. The van der Waals surface area contributed by atoms with Crippen LogP contribution in [0.2, 0.25) is 0 Å². The number of hydrogen-bond donors (Lipinski definition) is 0. The summed E-state index contributed by atoms with van der Waals surface area (Å²) in [5, 5.41) is 0. The van der Waals surface area contributed by atoms with Crippen LogP contribution in [0, 0.1) is 0 Å². The van der Waals surface area contributed by atoms with Crippen LogP contribution in [0.25, 0.3) is 101 Å². The Bertz CT molecular complexity index is 3080. The van der Waals surface area contributed by atoms with Crippen LogP contribution >= 0.6 is 0 Å². The summed E-state index contributed by atoms with van der Waals surface area (Å²) in [7, 11) is 0. The number of fused-ring (bicyclic) bond motifs is 3. The molecule has 10 aromatic rings. The summed E-state index contributed by atoms with van der Waals surface area (Å²) >= 11 is 0. The minimum Gasteiger partial charge on any atom is -0.228 e. The molecule has 0 saturated carbocycles. The minimum atomic E-state index is 0.689. The summed E-state index contributed by atoms with van der Waals surface area (Å²) in [5.74, 6) is 1.38. The number of nitrogens with zero attached hydrogens (tertiary/aromatic N) is 4. The maximum atomic E-state index is 5.17. The van der Waals surface area contributed by atoms with Gasteiger partial charge in [-0.05, 0) is 87.3 Å². The molecule has 0 bridgehead atoms. The van der Waals surface area contributed by atoms with Gasteiger partial charge in [0.1, 0.15) is 0 Å². The molecule has 4 nitrogen and oxygen atoms in total. The van der Waals surface area contributed by atoms with Gasteiger partial charge in [-0.2, -0.15) is 0 Å². The zero-order chi connectivity index (χ0) is 40.5. The second kappa shape index (κ2) is 15.6. The van der Waals surface area contributed by atoms with E-state index in [1.165, 1.54) is 27.8 Å². The lowest BCUT2D eigenvalue weighted by Gasteiger charge is -2.15. The molecular weight excluding hydrogens is 741 g/mol. The van der Waals surface area contributed by atoms with Gasteiger partial charge >= 0.3 is 0 Å². The van der Waals surface area contributed by atoms with Crippen LogP contribution in [0.15, 0.2) is 218 Å². The highest BCUT2D eigenvalue weighted by molar-refractivity contribution is 5.91. The molecule has 2 heterocycles. The summed E-state index contributed by atoms with van der Waals surface area (Å²) in [6, 6.07) is 76.5. The Kier molecular flexibility index (Phi) is 9.21. The first-order chi connectivity index (χ1) is 30.2. The normalized spacial score (nSPS) is 11.5. The number of hydrogen-bond acceptors (Lipinski definition) is 4. The third-order valence-corrected chi connectivity index (χ3v) is 11.5. The molecule has 0 aliphatic heterocycles. The lowest BCUT2D eigenvalue weighted by Crippen LogP contribution is -1.97. The van der Waals surface area contributed by atoms with Gasteiger partial charge in [-0.15, -0.1) is 0 Å². The first kappa shape index (κ1) is 36.0. The van der Waals surface area contributed by atoms with Crippen molar-refractivity contribution in [3.05, 3.63) is 230 Å². The highest BCUT2D eigenvalue weighted by Crippen LogP contribution is 2.45. The molecule has 0 spiro atoms. The van der Waals surface area contributed by atoms with E-state index in [2.05, 4.69) is 194 Å². The fraction of sp³-hybridized carbons (Fsp3) is 0.0175. The summed E-state index contributed by atoms with van der Waals surface area (Å²) < 4.78 is 0. The summed E-state index contributed by atoms with van der Waals surface area (Å²) in [6.45, 7) is 0. The van der Waals surface area contributed by atoms with E-state index < -0.39 is 0 Å². The van der Waals surface area contributed by atoms with E-state index in [1.807, 2.05) is 24.3 Å². The first-order valence-electron chi connectivity index (χ1n) is 20.7. The standard InChI is InChI=1S/C57H38N4/c1-5-17-38(18-6-1)52-36-53(39-19-7-2-8-20-39)59-56(58-52)45-28-15-26-42(31-45)47-34-49(51-33-44-25-13-14-30-48(44)50(51)35-47)43-27-16-29-46(32-43)57-60-54(40-21-9-3-10-22-40)37-55(61-57)41-23-11-4-12-24-41/h1-32,34-37H,33H2. The smallest absolute Gasteiger partial charge is 0.160 e. The van der Waals surface area contributed by atoms with Crippen molar-refractivity contribution < 1.29 is 0 Å². The minimum absolute atomic E-state index is 0.689. The zero-order valence-electron chi connectivity index (χ0n) is 33.3. The van der Waals surface area contributed by atoms with Crippen molar-refractivity contribution in [3.63, 3.8) is 0 Å². The van der Waals surface area contributed by atoms with E-state index in [4.69, 9.17) is 19.9 Å². The van der Waals surface area contributed by atoms with Gasteiger partial charge < -0.3 is 0 Å². The Morgan fingerprint density at radius 1 is 0.246 bits per heavy atom. The molecule has 4 heteroatoms. The molecule has 0 radical (unpaired) electrons. The quantitative estimate of drug-likeness (QED) is 0.154. The van der Waals surface area contributed by atoms with E-state index in [0.29, 0.717) is 11.6 Å². The predicted molar refractivity (Wildman–Crippen MR) is 249 cm³/mol. The van der Waals surface area contributed by atoms with Crippen LogP contribution in [0.4, 0.5) is 0 Å². The highest BCUT2D eigenvalue weighted by atomic mass is 14.9. The van der Waals surface area contributed by atoms with E-state index in [9.17, 15) is 0 Å². The number of benzene rings is 8. The molecule has 0 unspecified atom stereocenters. The van der Waals surface area contributed by atoms with Gasteiger partial charge in [-0.3, -0.25) is 0 Å². The fourth-order valence-electron chi connectivity index (χ4n) is 8.50. The highest BCUT2D eigenvalue weighted by Gasteiger charge is 2.24. The van der Waals surface area contributed by atoms with Crippen molar-refractivity contribution in [2.24, 2.45) is 0 Å². The predicted octanol–water partition coefficient (Wildman–Crippen LogP) is 14.2. The van der Waals surface area contributed by atoms with Gasteiger partial charge in [0, 0.05) is 33.4 Å². The van der Waals surface area contributed by atoms with Crippen molar-refractivity contribution in [2.45, 2.75) is 6.42 Å². The van der Waals surface area contributed by atoms with Crippen molar-refractivity contribution >= 4 is 0 Å². The molecule has 8 aromatic carbocycles. The van der Waals surface area contributed by atoms with Crippen molar-refractivity contribution in [1.82, 2.24) is 19.9 Å². The molecule has 286 valence electrons. The van der Waals surface area contributed by atoms with Crippen LogP contribution in [0.5, 0.6) is 0 Å². The number of rotatable bonds is 8. The lowest BCUT2D eigenvalue weighted by atomic mass is 9.90. The van der Waals surface area contributed by atoms with Crippen molar-refractivity contribution in [3.8, 4) is 101 Å². The summed E-state index contributed by atoms with van der Waals surface area (Å²) in [4.78, 5) is 20.6. The second-order valence-electron chi connectivity index (χ2n) is 15.4. The SMILES string of the molecule is c1ccc(-c2cc(-c3ccccc3)nc(-c3cccc(-c4cc(-c5cccc(-c6nc(-c7ccccc7)cc(-c7ccccc7)n6)c5)c5c(c4)-c4ccccc4C5)c3)n2)cc1. The lowest BCUT2D eigenvalue weighted by molar-refractivity contribution is 1.18. The van der Waals surface area contributed by atoms with Gasteiger partial charge in [0.25, 0.3) is 0 Å². The molecule has 1 aliphatic rings. The fourth-order valence-corrected chi connectivity index (χ4v) is 8.50. The van der Waals surface area contributed by atoms with E-state index >= 15 is 0 Å². The Labute approximate surface area is 355 Å². The molecule has 0 amide bonds. The van der Waals surface area contributed by atoms with Crippen molar-refractivity contribution in [1.29, 1.82) is 0 Å². The first-order valence-corrected chi connectivity index (χ1v) is 20.7. The van der Waals surface area contributed by atoms with Crippen molar-refractivity contribution in [2.75, 3.05) is 0 Å². The molecule has 61 heavy (non-hydrogen) atoms. The van der Waals surface area contributed by atoms with Crippen LogP contribution in [0.3, 0.4) is 0 Å². The number of aromatic nitrogens is 4. The third-order valence-electron chi connectivity index (χ3n) is 11.5. The second-order valence-corrected chi connectivity index (χ2v) is 15.4. The Hall–Kier alpha value is -8.08. The Morgan fingerprint density at radius 2 is 0.623 bits per heavy atom. The maximum absolute atomic E-state index is 5.17. The molecule has 0 saturated heterocycles. The topological polar surface area (TPSA) is 51.6 Å². The van der Waals surface area contributed by atoms with Gasteiger partial charge in [-0.25, -0.2) is 19.9 Å². The van der Waals surface area contributed by atoms with E-state index in [0.717, 1.165) is 79.3 Å². The van der Waals surface area contributed by atoms with Crippen LogP contribution < -0.4 is 0 Å². The zero-order valence-corrected chi connectivity index (χ0v) is 33.3. The summed E-state index contributed by atoms with van der Waals surface area (Å²) in [6.07, 6.45) is 0.867. The van der Waals surface area contributed by atoms with E-state index in [-0.39, 0.29) is 0 Å². The maximum Gasteiger partial charge on any atom is 0.160 e. The third kappa shape index (κ3) is 7.11. The van der Waals surface area contributed by atoms with Gasteiger partial charge in [0.15, 0.2) is 11.6 Å². The van der Waals surface area contributed by atoms with E-state index in [1.54, 1.807) is 0 Å². The molecule has 0 atom stereocenters. The molecule has 0 N–H and O–H groups in total. The molecule has 1 aliphatic carbocycles. The molecule has 0 fully saturated rings. The largest absolute Gasteiger partial charge is 0.228 e. The average molecular weight is 779 g/mol. The van der Waals surface area contributed by atoms with Gasteiger partial charge in [0.2, 0.25) is 0 Å². The Balaban J connectivity index is 1.04. The summed E-state index contributed by atoms with van der Waals surface area (Å²) in [5.41, 5.74) is 19.5. The monoisotopic (exact) mass is 778 g/mol. The van der Waals surface area contributed by atoms with Gasteiger partial charge in [-0.1, -0.05) is 182 Å².